The molecule has 20 heavy (non-hydrogen) atoms. The topological polar surface area (TPSA) is 16.1 Å². The molecular weight excluding hydrogens is 268 g/mol. The van der Waals surface area contributed by atoms with Gasteiger partial charge in [-0.2, -0.15) is 0 Å². The average Bonchev–Trinajstić information content (AvgIpc) is 2.53. The number of alkyl halides is 1. The van der Waals surface area contributed by atoms with Gasteiger partial charge in [0.05, 0.1) is 0 Å². The summed E-state index contributed by atoms with van der Waals surface area (Å²) in [6, 6.07) is 4.33. The number of fused-ring (bicyclic) bond motifs is 1. The van der Waals surface area contributed by atoms with Crippen LogP contribution in [0.3, 0.4) is 0 Å². The van der Waals surface area contributed by atoms with E-state index in [-0.39, 0.29) is 0 Å². The van der Waals surface area contributed by atoms with Crippen LogP contribution in [0.25, 0.3) is 0 Å². The molecule has 3 heteroatoms. The van der Waals surface area contributed by atoms with E-state index < -0.39 is 0 Å². The first-order valence-electron chi connectivity index (χ1n) is 8.11. The fraction of sp³-hybridized carbons (Fsp3) is 0.706. The third-order valence-electron chi connectivity index (χ3n) is 5.06. The van der Waals surface area contributed by atoms with Crippen LogP contribution in [0.15, 0.2) is 12.1 Å². The van der Waals surface area contributed by atoms with Gasteiger partial charge in [-0.05, 0) is 48.8 Å². The van der Waals surface area contributed by atoms with Crippen LogP contribution >= 0.6 is 11.6 Å². The van der Waals surface area contributed by atoms with Gasteiger partial charge in [0.15, 0.2) is 0 Å². The van der Waals surface area contributed by atoms with Gasteiger partial charge >= 0.3 is 0 Å². The molecule has 0 N–H and O–H groups in total. The molecule has 110 valence electrons. The van der Waals surface area contributed by atoms with Gasteiger partial charge < -0.3 is 4.90 Å². The number of nitrogens with zero attached hydrogens (tertiary/aromatic N) is 2. The first-order chi connectivity index (χ1) is 9.80. The van der Waals surface area contributed by atoms with E-state index in [0.717, 1.165) is 24.1 Å². The van der Waals surface area contributed by atoms with Crippen molar-refractivity contribution < 1.29 is 0 Å². The van der Waals surface area contributed by atoms with Crippen molar-refractivity contribution in [2.75, 3.05) is 18.0 Å². The van der Waals surface area contributed by atoms with Crippen LogP contribution in [-0.2, 0) is 12.3 Å². The molecule has 1 aliphatic heterocycles. The van der Waals surface area contributed by atoms with E-state index in [4.69, 9.17) is 16.6 Å². The molecule has 2 atom stereocenters. The predicted octanol–water partition coefficient (Wildman–Crippen LogP) is 4.40. The van der Waals surface area contributed by atoms with E-state index in [0.29, 0.717) is 5.88 Å². The number of hydrogen-bond donors (Lipinski definition) is 0. The van der Waals surface area contributed by atoms with Gasteiger partial charge in [0, 0.05) is 24.7 Å². The van der Waals surface area contributed by atoms with Crippen LogP contribution in [0.5, 0.6) is 0 Å². The summed E-state index contributed by atoms with van der Waals surface area (Å²) >= 11 is 6.03. The highest BCUT2D eigenvalue weighted by Crippen LogP contribution is 2.37. The summed E-state index contributed by atoms with van der Waals surface area (Å²) < 4.78 is 0. The summed E-state index contributed by atoms with van der Waals surface area (Å²) in [5.41, 5.74) is 2.38. The Morgan fingerprint density at radius 3 is 2.75 bits per heavy atom. The monoisotopic (exact) mass is 292 g/mol. The van der Waals surface area contributed by atoms with Gasteiger partial charge in [-0.25, -0.2) is 4.98 Å². The molecule has 1 aromatic heterocycles. The van der Waals surface area contributed by atoms with E-state index in [1.807, 2.05) is 0 Å². The Balaban J connectivity index is 1.78. The van der Waals surface area contributed by atoms with E-state index in [1.165, 1.54) is 56.5 Å². The smallest absolute Gasteiger partial charge is 0.129 e. The zero-order valence-corrected chi connectivity index (χ0v) is 13.2. The molecule has 2 nitrogen and oxygen atoms in total. The number of pyridine rings is 1. The summed E-state index contributed by atoms with van der Waals surface area (Å²) in [4.78, 5) is 7.33. The Morgan fingerprint density at radius 2 is 2.00 bits per heavy atom. The fourth-order valence-corrected chi connectivity index (χ4v) is 4.02. The van der Waals surface area contributed by atoms with Crippen molar-refractivity contribution in [3.63, 3.8) is 0 Å². The molecule has 3 rings (SSSR count). The summed E-state index contributed by atoms with van der Waals surface area (Å²) in [6.07, 6.45) is 8.06. The maximum absolute atomic E-state index is 6.03. The maximum atomic E-state index is 6.03. The zero-order valence-electron chi connectivity index (χ0n) is 12.4. The van der Waals surface area contributed by atoms with Crippen LogP contribution in [0.2, 0.25) is 0 Å². The second kappa shape index (κ2) is 6.34. The SMILES string of the molecule is CCc1cc(CCl)cc(N2CCC3CCCCC3C2)n1. The summed E-state index contributed by atoms with van der Waals surface area (Å²) in [5, 5.41) is 0. The second-order valence-electron chi connectivity index (χ2n) is 6.35. The zero-order chi connectivity index (χ0) is 13.9. The van der Waals surface area contributed by atoms with Gasteiger partial charge in [0.2, 0.25) is 0 Å². The van der Waals surface area contributed by atoms with Crippen LogP contribution < -0.4 is 4.90 Å². The van der Waals surface area contributed by atoms with Gasteiger partial charge in [-0.1, -0.05) is 26.2 Å². The van der Waals surface area contributed by atoms with Crippen LogP contribution in [0.4, 0.5) is 5.82 Å². The largest absolute Gasteiger partial charge is 0.356 e. The second-order valence-corrected chi connectivity index (χ2v) is 6.62. The molecule has 0 spiro atoms. The lowest BCUT2D eigenvalue weighted by Crippen LogP contribution is -2.42. The van der Waals surface area contributed by atoms with E-state index in [1.54, 1.807) is 0 Å². The van der Waals surface area contributed by atoms with Crippen LogP contribution in [0, 0.1) is 11.8 Å². The number of halogens is 1. The molecule has 2 unspecified atom stereocenters. The van der Waals surface area contributed by atoms with Crippen molar-refractivity contribution in [1.29, 1.82) is 0 Å². The Labute approximate surface area is 127 Å². The van der Waals surface area contributed by atoms with Gasteiger partial charge in [0.25, 0.3) is 0 Å². The average molecular weight is 293 g/mol. The molecule has 0 bridgehead atoms. The van der Waals surface area contributed by atoms with Gasteiger partial charge in [-0.15, -0.1) is 11.6 Å². The molecule has 1 aromatic rings. The molecule has 2 heterocycles. The number of hydrogen-bond acceptors (Lipinski definition) is 2. The van der Waals surface area contributed by atoms with Gasteiger partial charge in [0.1, 0.15) is 5.82 Å². The first kappa shape index (κ1) is 14.2. The molecule has 0 radical (unpaired) electrons. The molecule has 1 saturated carbocycles. The number of piperidine rings is 1. The van der Waals surface area contributed by atoms with Crippen LogP contribution in [0.1, 0.15) is 50.3 Å². The molecule has 1 saturated heterocycles. The van der Waals surface area contributed by atoms with Crippen LogP contribution in [-0.4, -0.2) is 18.1 Å². The number of anilines is 1. The van der Waals surface area contributed by atoms with E-state index in [9.17, 15) is 0 Å². The van der Waals surface area contributed by atoms with Crippen molar-refractivity contribution in [2.45, 2.75) is 51.3 Å². The Morgan fingerprint density at radius 1 is 1.20 bits per heavy atom. The highest BCUT2D eigenvalue weighted by Gasteiger charge is 2.31. The highest BCUT2D eigenvalue weighted by atomic mass is 35.5. The summed E-state index contributed by atoms with van der Waals surface area (Å²) in [6.45, 7) is 4.53. The van der Waals surface area contributed by atoms with Crippen molar-refractivity contribution in [1.82, 2.24) is 4.98 Å². The highest BCUT2D eigenvalue weighted by molar-refractivity contribution is 6.17. The minimum Gasteiger partial charge on any atom is -0.356 e. The number of aryl methyl sites for hydroxylation is 1. The molecule has 2 fully saturated rings. The predicted molar refractivity (Wildman–Crippen MR) is 85.5 cm³/mol. The Bertz CT molecular complexity index is 438. The number of aromatic nitrogens is 1. The normalized spacial score (nSPS) is 26.4. The minimum atomic E-state index is 0.586. The fourth-order valence-electron chi connectivity index (χ4n) is 3.86. The van der Waals surface area contributed by atoms with Gasteiger partial charge in [-0.3, -0.25) is 0 Å². The molecule has 0 aromatic carbocycles. The van der Waals surface area contributed by atoms with E-state index >= 15 is 0 Å². The lowest BCUT2D eigenvalue weighted by Gasteiger charge is -2.42. The third-order valence-corrected chi connectivity index (χ3v) is 5.37. The number of rotatable bonds is 3. The summed E-state index contributed by atoms with van der Waals surface area (Å²) in [7, 11) is 0. The van der Waals surface area contributed by atoms with Crippen molar-refractivity contribution in [3.8, 4) is 0 Å². The maximum Gasteiger partial charge on any atom is 0.129 e. The molecule has 2 aliphatic rings. The Hall–Kier alpha value is -0.760. The molecule has 1 aliphatic carbocycles. The minimum absolute atomic E-state index is 0.586. The standard InChI is InChI=1S/C17H25ClN2/c1-2-16-9-13(11-18)10-17(19-16)20-8-7-14-5-3-4-6-15(14)12-20/h9-10,14-15H,2-8,11-12H2,1H3. The van der Waals surface area contributed by atoms with Crippen molar-refractivity contribution in [2.24, 2.45) is 11.8 Å². The quantitative estimate of drug-likeness (QED) is 0.768. The van der Waals surface area contributed by atoms with Crippen molar-refractivity contribution >= 4 is 17.4 Å². The van der Waals surface area contributed by atoms with E-state index in [2.05, 4.69) is 24.0 Å². The summed E-state index contributed by atoms with van der Waals surface area (Å²) in [5.74, 6) is 3.61. The third kappa shape index (κ3) is 2.95. The lowest BCUT2D eigenvalue weighted by atomic mass is 9.75. The van der Waals surface area contributed by atoms with Crippen molar-refractivity contribution in [3.05, 3.63) is 23.4 Å². The molecular formula is C17H25ClN2. The Kier molecular flexibility index (Phi) is 4.50. The lowest BCUT2D eigenvalue weighted by molar-refractivity contribution is 0.202. The molecule has 0 amide bonds. The first-order valence-corrected chi connectivity index (χ1v) is 8.64.